The number of amides is 2. The van der Waals surface area contributed by atoms with E-state index in [1.165, 1.54) is 0 Å². The fraction of sp³-hybridized carbons (Fsp3) is 0.333. The number of esters is 1. The van der Waals surface area contributed by atoms with Crippen molar-refractivity contribution in [3.05, 3.63) is 65.2 Å². The van der Waals surface area contributed by atoms with Gasteiger partial charge in [0.2, 0.25) is 0 Å². The van der Waals surface area contributed by atoms with E-state index in [4.69, 9.17) is 4.74 Å². The van der Waals surface area contributed by atoms with Crippen LogP contribution in [-0.4, -0.2) is 41.7 Å². The number of ether oxygens (including phenoxy) is 1. The summed E-state index contributed by atoms with van der Waals surface area (Å²) in [6.07, 6.45) is 0.493. The lowest BCUT2D eigenvalue weighted by Gasteiger charge is -2.25. The van der Waals surface area contributed by atoms with E-state index >= 15 is 0 Å². The van der Waals surface area contributed by atoms with Crippen molar-refractivity contribution in [1.82, 2.24) is 4.90 Å². The molecule has 6 heteroatoms. The average molecular weight is 368 g/mol. The number of β-amino-alcohol motifs (C(OH)–C–C–N with tert-alkyl or cyclic N) is 1. The van der Waals surface area contributed by atoms with Gasteiger partial charge in [-0.2, -0.15) is 0 Å². The first kappa shape index (κ1) is 18.9. The normalized spacial score (nSPS) is 19.0. The van der Waals surface area contributed by atoms with Gasteiger partial charge in [-0.1, -0.05) is 24.3 Å². The summed E-state index contributed by atoms with van der Waals surface area (Å²) >= 11 is 0. The molecule has 1 saturated heterocycles. The second-order valence-electron chi connectivity index (χ2n) is 6.75. The molecule has 0 saturated carbocycles. The molecule has 1 atom stereocenters. The maximum Gasteiger partial charge on any atom is 0.338 e. The van der Waals surface area contributed by atoms with E-state index in [9.17, 15) is 14.7 Å². The molecule has 1 aliphatic rings. The molecule has 2 N–H and O–H groups in total. The first-order chi connectivity index (χ1) is 12.9. The van der Waals surface area contributed by atoms with E-state index in [0.29, 0.717) is 30.8 Å². The Morgan fingerprint density at radius 2 is 1.89 bits per heavy atom. The molecule has 2 aromatic carbocycles. The Bertz CT molecular complexity index is 834. The van der Waals surface area contributed by atoms with Crippen LogP contribution in [0.1, 0.15) is 34.8 Å². The number of aliphatic hydroxyl groups is 1. The lowest BCUT2D eigenvalue weighted by molar-refractivity contribution is 0.0493. The molecular weight excluding hydrogens is 344 g/mol. The second kappa shape index (κ2) is 7.80. The number of likely N-dealkylation sites (tertiary alicyclic amines) is 1. The number of carbonyl (C=O) groups excluding carboxylic acids is 2. The largest absolute Gasteiger partial charge is 0.462 e. The Kier molecular flexibility index (Phi) is 5.46. The molecular formula is C21H24N2O4. The number of carbonyl (C=O) groups is 2. The van der Waals surface area contributed by atoms with Gasteiger partial charge in [-0.05, 0) is 55.7 Å². The van der Waals surface area contributed by atoms with Crippen molar-refractivity contribution < 1.29 is 19.4 Å². The quantitative estimate of drug-likeness (QED) is 0.812. The van der Waals surface area contributed by atoms with Crippen LogP contribution in [0, 0.1) is 6.92 Å². The maximum atomic E-state index is 12.6. The summed E-state index contributed by atoms with van der Waals surface area (Å²) in [4.78, 5) is 25.8. The number of rotatable bonds is 4. The molecule has 2 amide bonds. The standard InChI is InChI=1S/C21H24N2O4/c1-3-27-19(24)16-8-10-17(11-9-16)22-20(25)23-13-12-21(26,14-23)18-7-5-4-6-15(18)2/h4-11,26H,3,12-14H2,1-2H3,(H,22,25)/t21-/m1/s1. The van der Waals surface area contributed by atoms with Crippen molar-refractivity contribution in [2.75, 3.05) is 25.0 Å². The van der Waals surface area contributed by atoms with Gasteiger partial charge in [0.05, 0.1) is 18.7 Å². The Morgan fingerprint density at radius 1 is 1.19 bits per heavy atom. The summed E-state index contributed by atoms with van der Waals surface area (Å²) in [6, 6.07) is 14.0. The lowest BCUT2D eigenvalue weighted by Crippen LogP contribution is -2.37. The SMILES string of the molecule is CCOC(=O)c1ccc(NC(=O)N2CC[C@](O)(c3ccccc3C)C2)cc1. The first-order valence-electron chi connectivity index (χ1n) is 9.04. The molecule has 0 aliphatic carbocycles. The summed E-state index contributed by atoms with van der Waals surface area (Å²) in [5.74, 6) is -0.391. The third kappa shape index (κ3) is 4.11. The first-order valence-corrected chi connectivity index (χ1v) is 9.04. The van der Waals surface area contributed by atoms with Crippen LogP contribution >= 0.6 is 0 Å². The third-order valence-electron chi connectivity index (χ3n) is 4.83. The van der Waals surface area contributed by atoms with Crippen LogP contribution in [0.2, 0.25) is 0 Å². The van der Waals surface area contributed by atoms with E-state index in [1.807, 2.05) is 31.2 Å². The Hall–Kier alpha value is -2.86. The smallest absolute Gasteiger partial charge is 0.338 e. The topological polar surface area (TPSA) is 78.9 Å². The van der Waals surface area contributed by atoms with Gasteiger partial charge in [-0.25, -0.2) is 9.59 Å². The van der Waals surface area contributed by atoms with Gasteiger partial charge in [0.15, 0.2) is 0 Å². The number of nitrogens with one attached hydrogen (secondary N) is 1. The average Bonchev–Trinajstić information content (AvgIpc) is 3.06. The summed E-state index contributed by atoms with van der Waals surface area (Å²) in [6.45, 7) is 4.74. The second-order valence-corrected chi connectivity index (χ2v) is 6.75. The van der Waals surface area contributed by atoms with Gasteiger partial charge < -0.3 is 20.1 Å². The van der Waals surface area contributed by atoms with E-state index in [-0.39, 0.29) is 12.6 Å². The zero-order chi connectivity index (χ0) is 19.4. The van der Waals surface area contributed by atoms with Gasteiger partial charge >= 0.3 is 12.0 Å². The molecule has 0 unspecified atom stereocenters. The number of hydrogen-bond acceptors (Lipinski definition) is 4. The molecule has 0 bridgehead atoms. The molecule has 0 spiro atoms. The Balaban J connectivity index is 1.64. The molecule has 142 valence electrons. The van der Waals surface area contributed by atoms with Gasteiger partial charge in [0.1, 0.15) is 5.60 Å². The highest BCUT2D eigenvalue weighted by Gasteiger charge is 2.40. The molecule has 0 aromatic heterocycles. The zero-order valence-corrected chi connectivity index (χ0v) is 15.6. The molecule has 27 heavy (non-hydrogen) atoms. The van der Waals surface area contributed by atoms with Crippen LogP contribution in [0.5, 0.6) is 0 Å². The van der Waals surface area contributed by atoms with Crippen molar-refractivity contribution >= 4 is 17.7 Å². The van der Waals surface area contributed by atoms with Crippen molar-refractivity contribution in [2.45, 2.75) is 25.9 Å². The predicted molar refractivity (Wildman–Crippen MR) is 103 cm³/mol. The van der Waals surface area contributed by atoms with Crippen LogP contribution < -0.4 is 5.32 Å². The Labute approximate surface area is 158 Å². The Morgan fingerprint density at radius 3 is 2.56 bits per heavy atom. The van der Waals surface area contributed by atoms with Crippen LogP contribution in [0.3, 0.4) is 0 Å². The van der Waals surface area contributed by atoms with E-state index in [0.717, 1.165) is 11.1 Å². The predicted octanol–water partition coefficient (Wildman–Crippen LogP) is 3.30. The van der Waals surface area contributed by atoms with Gasteiger partial charge in [-0.15, -0.1) is 0 Å². The van der Waals surface area contributed by atoms with Crippen LogP contribution in [0.25, 0.3) is 0 Å². The fourth-order valence-corrected chi connectivity index (χ4v) is 3.39. The number of anilines is 1. The highest BCUT2D eigenvalue weighted by atomic mass is 16.5. The van der Waals surface area contributed by atoms with Crippen molar-refractivity contribution in [2.24, 2.45) is 0 Å². The summed E-state index contributed by atoms with van der Waals surface area (Å²) in [7, 11) is 0. The maximum absolute atomic E-state index is 12.6. The highest BCUT2D eigenvalue weighted by Crippen LogP contribution is 2.34. The number of benzene rings is 2. The third-order valence-corrected chi connectivity index (χ3v) is 4.83. The van der Waals surface area contributed by atoms with Crippen LogP contribution in [0.15, 0.2) is 48.5 Å². The van der Waals surface area contributed by atoms with E-state index in [2.05, 4.69) is 5.32 Å². The molecule has 1 heterocycles. The molecule has 1 aliphatic heterocycles. The minimum atomic E-state index is -1.03. The van der Waals surface area contributed by atoms with Crippen LogP contribution in [-0.2, 0) is 10.3 Å². The molecule has 2 aromatic rings. The van der Waals surface area contributed by atoms with E-state index < -0.39 is 11.6 Å². The molecule has 3 rings (SSSR count). The number of hydrogen-bond donors (Lipinski definition) is 2. The van der Waals surface area contributed by atoms with Gasteiger partial charge in [-0.3, -0.25) is 0 Å². The fourth-order valence-electron chi connectivity index (χ4n) is 3.39. The zero-order valence-electron chi connectivity index (χ0n) is 15.6. The molecule has 1 fully saturated rings. The van der Waals surface area contributed by atoms with E-state index in [1.54, 1.807) is 36.1 Å². The lowest BCUT2D eigenvalue weighted by atomic mass is 9.89. The molecule has 0 radical (unpaired) electrons. The van der Waals surface area contributed by atoms with Crippen molar-refractivity contribution in [1.29, 1.82) is 0 Å². The number of nitrogens with zero attached hydrogens (tertiary/aromatic N) is 1. The highest BCUT2D eigenvalue weighted by molar-refractivity contribution is 5.92. The summed E-state index contributed by atoms with van der Waals surface area (Å²) in [5.41, 5.74) is 1.86. The summed E-state index contributed by atoms with van der Waals surface area (Å²) < 4.78 is 4.94. The summed E-state index contributed by atoms with van der Waals surface area (Å²) in [5, 5.41) is 13.8. The van der Waals surface area contributed by atoms with Crippen molar-refractivity contribution in [3.8, 4) is 0 Å². The molecule has 6 nitrogen and oxygen atoms in total. The van der Waals surface area contributed by atoms with Gasteiger partial charge in [0, 0.05) is 12.2 Å². The number of urea groups is 1. The number of aryl methyl sites for hydroxylation is 1. The van der Waals surface area contributed by atoms with Gasteiger partial charge in [0.25, 0.3) is 0 Å². The monoisotopic (exact) mass is 368 g/mol. The minimum absolute atomic E-state index is 0.241. The van der Waals surface area contributed by atoms with Crippen molar-refractivity contribution in [3.63, 3.8) is 0 Å². The minimum Gasteiger partial charge on any atom is -0.462 e. The van der Waals surface area contributed by atoms with Crippen LogP contribution in [0.4, 0.5) is 10.5 Å².